The standard InChI is InChI=1S/C21H21NO2/c1-3-18-19(17-7-5-4-6-8-17)13-20(23)22(21(18)24)14-16-11-9-15(2)10-12-16/h4-13,24H,3,14H2,1-2H3. The van der Waals surface area contributed by atoms with Crippen LogP contribution in [0, 0.1) is 6.92 Å². The first-order valence-corrected chi connectivity index (χ1v) is 8.16. The van der Waals surface area contributed by atoms with Crippen molar-refractivity contribution >= 4 is 0 Å². The second kappa shape index (κ2) is 6.75. The Bertz CT molecular complexity index is 894. The zero-order chi connectivity index (χ0) is 17.1. The fourth-order valence-corrected chi connectivity index (χ4v) is 2.93. The Hall–Kier alpha value is -2.81. The van der Waals surface area contributed by atoms with Gasteiger partial charge in [-0.05, 0) is 30.0 Å². The minimum atomic E-state index is -0.191. The van der Waals surface area contributed by atoms with E-state index >= 15 is 0 Å². The molecular weight excluding hydrogens is 298 g/mol. The topological polar surface area (TPSA) is 42.2 Å². The predicted molar refractivity (Wildman–Crippen MR) is 97.5 cm³/mol. The van der Waals surface area contributed by atoms with Crippen LogP contribution in [0.1, 0.15) is 23.6 Å². The van der Waals surface area contributed by atoms with Gasteiger partial charge in [0.1, 0.15) is 0 Å². The van der Waals surface area contributed by atoms with Gasteiger partial charge in [0.05, 0.1) is 6.54 Å². The molecule has 0 atom stereocenters. The van der Waals surface area contributed by atoms with E-state index in [-0.39, 0.29) is 11.4 Å². The summed E-state index contributed by atoms with van der Waals surface area (Å²) in [7, 11) is 0. The summed E-state index contributed by atoms with van der Waals surface area (Å²) in [6.45, 7) is 4.38. The SMILES string of the molecule is CCc1c(-c2ccccc2)cc(=O)n(Cc2ccc(C)cc2)c1O. The van der Waals surface area contributed by atoms with Gasteiger partial charge in [-0.25, -0.2) is 0 Å². The van der Waals surface area contributed by atoms with E-state index in [1.54, 1.807) is 6.07 Å². The van der Waals surface area contributed by atoms with Crippen LogP contribution in [0.4, 0.5) is 0 Å². The Balaban J connectivity index is 2.09. The van der Waals surface area contributed by atoms with Crippen molar-refractivity contribution in [1.82, 2.24) is 4.57 Å². The fourth-order valence-electron chi connectivity index (χ4n) is 2.93. The lowest BCUT2D eigenvalue weighted by Crippen LogP contribution is -2.21. The number of aromatic hydroxyl groups is 1. The van der Waals surface area contributed by atoms with Gasteiger partial charge in [-0.2, -0.15) is 0 Å². The van der Waals surface area contributed by atoms with E-state index in [2.05, 4.69) is 0 Å². The molecule has 3 aromatic rings. The highest BCUT2D eigenvalue weighted by Gasteiger charge is 2.15. The molecule has 0 radical (unpaired) electrons. The molecule has 3 heteroatoms. The summed E-state index contributed by atoms with van der Waals surface area (Å²) in [6.07, 6.45) is 0.657. The van der Waals surface area contributed by atoms with Gasteiger partial charge in [0, 0.05) is 11.6 Å². The van der Waals surface area contributed by atoms with E-state index in [1.807, 2.05) is 68.4 Å². The lowest BCUT2D eigenvalue weighted by atomic mass is 9.99. The van der Waals surface area contributed by atoms with Crippen LogP contribution in [0.5, 0.6) is 5.88 Å². The normalized spacial score (nSPS) is 10.8. The molecule has 0 bridgehead atoms. The van der Waals surface area contributed by atoms with Crippen LogP contribution < -0.4 is 5.56 Å². The zero-order valence-electron chi connectivity index (χ0n) is 14.0. The summed E-state index contributed by atoms with van der Waals surface area (Å²) in [5, 5.41) is 10.7. The van der Waals surface area contributed by atoms with Crippen molar-refractivity contribution in [3.63, 3.8) is 0 Å². The largest absolute Gasteiger partial charge is 0.494 e. The quantitative estimate of drug-likeness (QED) is 0.785. The number of hydrogen-bond donors (Lipinski definition) is 1. The van der Waals surface area contributed by atoms with Crippen LogP contribution in [0.3, 0.4) is 0 Å². The molecule has 1 aromatic heterocycles. The highest BCUT2D eigenvalue weighted by molar-refractivity contribution is 5.68. The molecule has 0 unspecified atom stereocenters. The number of nitrogens with zero attached hydrogens (tertiary/aromatic N) is 1. The van der Waals surface area contributed by atoms with Gasteiger partial charge in [0.2, 0.25) is 0 Å². The van der Waals surface area contributed by atoms with Crippen molar-refractivity contribution in [2.75, 3.05) is 0 Å². The summed E-state index contributed by atoms with van der Waals surface area (Å²) >= 11 is 0. The molecule has 0 aliphatic carbocycles. The molecule has 0 aliphatic rings. The average Bonchev–Trinajstić information content (AvgIpc) is 2.60. The van der Waals surface area contributed by atoms with E-state index < -0.39 is 0 Å². The number of pyridine rings is 1. The Kier molecular flexibility index (Phi) is 4.52. The number of aryl methyl sites for hydroxylation is 1. The molecule has 0 aliphatic heterocycles. The molecule has 0 spiro atoms. The Morgan fingerprint density at radius 2 is 1.67 bits per heavy atom. The third-order valence-electron chi connectivity index (χ3n) is 4.28. The van der Waals surface area contributed by atoms with Gasteiger partial charge >= 0.3 is 0 Å². The van der Waals surface area contributed by atoms with E-state index in [0.29, 0.717) is 13.0 Å². The molecule has 1 heterocycles. The van der Waals surface area contributed by atoms with Gasteiger partial charge in [-0.1, -0.05) is 67.1 Å². The number of aromatic nitrogens is 1. The second-order valence-corrected chi connectivity index (χ2v) is 5.99. The first-order valence-electron chi connectivity index (χ1n) is 8.16. The molecule has 3 nitrogen and oxygen atoms in total. The molecule has 0 saturated carbocycles. The molecule has 2 aromatic carbocycles. The van der Waals surface area contributed by atoms with Crippen molar-refractivity contribution in [2.24, 2.45) is 0 Å². The third-order valence-corrected chi connectivity index (χ3v) is 4.28. The van der Waals surface area contributed by atoms with Crippen molar-refractivity contribution in [1.29, 1.82) is 0 Å². The van der Waals surface area contributed by atoms with Crippen molar-refractivity contribution in [3.8, 4) is 17.0 Å². The Labute approximate surface area is 141 Å². The molecule has 0 saturated heterocycles. The van der Waals surface area contributed by atoms with E-state index in [4.69, 9.17) is 0 Å². The van der Waals surface area contributed by atoms with Crippen LogP contribution in [-0.4, -0.2) is 9.67 Å². The number of rotatable bonds is 4. The van der Waals surface area contributed by atoms with Crippen LogP contribution in [0.15, 0.2) is 65.5 Å². The van der Waals surface area contributed by atoms with Crippen molar-refractivity contribution in [3.05, 3.63) is 87.7 Å². The van der Waals surface area contributed by atoms with Crippen LogP contribution in [0.2, 0.25) is 0 Å². The predicted octanol–water partition coefficient (Wildman–Crippen LogP) is 4.14. The lowest BCUT2D eigenvalue weighted by Gasteiger charge is -2.16. The van der Waals surface area contributed by atoms with E-state index in [1.165, 1.54) is 10.1 Å². The Morgan fingerprint density at radius 1 is 1.00 bits per heavy atom. The monoisotopic (exact) mass is 319 g/mol. The molecule has 24 heavy (non-hydrogen) atoms. The van der Waals surface area contributed by atoms with Gasteiger partial charge in [0.25, 0.3) is 5.56 Å². The maximum absolute atomic E-state index is 12.6. The number of benzene rings is 2. The van der Waals surface area contributed by atoms with Gasteiger partial charge in [0.15, 0.2) is 5.88 Å². The van der Waals surface area contributed by atoms with Gasteiger partial charge < -0.3 is 5.11 Å². The smallest absolute Gasteiger partial charge is 0.254 e. The molecule has 0 fully saturated rings. The maximum Gasteiger partial charge on any atom is 0.254 e. The Morgan fingerprint density at radius 3 is 2.29 bits per heavy atom. The summed E-state index contributed by atoms with van der Waals surface area (Å²) in [5.74, 6) is 0.0597. The fraction of sp³-hybridized carbons (Fsp3) is 0.190. The second-order valence-electron chi connectivity index (χ2n) is 5.99. The summed E-state index contributed by atoms with van der Waals surface area (Å²) < 4.78 is 1.44. The van der Waals surface area contributed by atoms with E-state index in [9.17, 15) is 9.90 Å². The minimum Gasteiger partial charge on any atom is -0.494 e. The minimum absolute atomic E-state index is 0.0597. The third kappa shape index (κ3) is 3.11. The maximum atomic E-state index is 12.6. The van der Waals surface area contributed by atoms with Crippen LogP contribution in [-0.2, 0) is 13.0 Å². The summed E-state index contributed by atoms with van der Waals surface area (Å²) in [6, 6.07) is 19.3. The first-order chi connectivity index (χ1) is 11.6. The summed E-state index contributed by atoms with van der Waals surface area (Å²) in [4.78, 5) is 12.6. The molecule has 122 valence electrons. The van der Waals surface area contributed by atoms with Gasteiger partial charge in [-0.15, -0.1) is 0 Å². The van der Waals surface area contributed by atoms with Gasteiger partial charge in [-0.3, -0.25) is 9.36 Å². The van der Waals surface area contributed by atoms with Crippen molar-refractivity contribution < 1.29 is 5.11 Å². The van der Waals surface area contributed by atoms with E-state index in [0.717, 1.165) is 22.3 Å². The van der Waals surface area contributed by atoms with Crippen molar-refractivity contribution in [2.45, 2.75) is 26.8 Å². The zero-order valence-corrected chi connectivity index (χ0v) is 14.0. The molecular formula is C21H21NO2. The van der Waals surface area contributed by atoms with Crippen LogP contribution in [0.25, 0.3) is 11.1 Å². The molecule has 0 amide bonds. The lowest BCUT2D eigenvalue weighted by molar-refractivity contribution is 0.409. The summed E-state index contributed by atoms with van der Waals surface area (Å²) in [5.41, 5.74) is 4.53. The molecule has 1 N–H and O–H groups in total. The highest BCUT2D eigenvalue weighted by atomic mass is 16.3. The van der Waals surface area contributed by atoms with Crippen LogP contribution >= 0.6 is 0 Å². The number of hydrogen-bond acceptors (Lipinski definition) is 2. The highest BCUT2D eigenvalue weighted by Crippen LogP contribution is 2.29. The molecule has 3 rings (SSSR count). The first kappa shape index (κ1) is 16.1. The average molecular weight is 319 g/mol.